The molecular formula is C14H15F2N3O2S. The molecule has 1 aromatic carbocycles. The van der Waals surface area contributed by atoms with Gasteiger partial charge in [-0.05, 0) is 6.26 Å². The maximum atomic E-state index is 14.0. The molecular weight excluding hydrogens is 312 g/mol. The van der Waals surface area contributed by atoms with Crippen LogP contribution in [0.5, 0.6) is 5.75 Å². The number of nitriles is 1. The van der Waals surface area contributed by atoms with Gasteiger partial charge >= 0.3 is 0 Å². The van der Waals surface area contributed by atoms with Crippen LogP contribution in [0.15, 0.2) is 17.1 Å². The number of hydrogen-bond acceptors (Lipinski definition) is 5. The molecule has 0 atom stereocenters. The summed E-state index contributed by atoms with van der Waals surface area (Å²) in [6.45, 7) is 1.04. The number of aliphatic imine (C=N–C) groups is 1. The Labute approximate surface area is 131 Å². The number of rotatable bonds is 3. The van der Waals surface area contributed by atoms with Crippen molar-refractivity contribution in [2.45, 2.75) is 18.9 Å². The number of nitrogens with zero attached hydrogens (tertiary/aromatic N) is 2. The first kappa shape index (κ1) is 16.5. The highest BCUT2D eigenvalue weighted by Gasteiger charge is 2.20. The molecule has 0 bridgehead atoms. The average Bonchev–Trinajstić information content (AvgIpc) is 2.51. The van der Waals surface area contributed by atoms with Crippen LogP contribution < -0.4 is 10.1 Å². The Bertz CT molecular complexity index is 575. The van der Waals surface area contributed by atoms with E-state index in [2.05, 4.69) is 10.3 Å². The zero-order chi connectivity index (χ0) is 15.9. The fourth-order valence-electron chi connectivity index (χ4n) is 1.97. The number of benzene rings is 1. The monoisotopic (exact) mass is 327 g/mol. The summed E-state index contributed by atoms with van der Waals surface area (Å²) in [5.41, 5.74) is 0.0708. The molecule has 118 valence electrons. The fourth-order valence-corrected chi connectivity index (χ4v) is 2.32. The summed E-state index contributed by atoms with van der Waals surface area (Å²) >= 11 is 1.16. The van der Waals surface area contributed by atoms with Crippen LogP contribution >= 0.6 is 11.8 Å². The Kier molecular flexibility index (Phi) is 5.98. The van der Waals surface area contributed by atoms with Crippen LogP contribution in [0.1, 0.15) is 12.8 Å². The van der Waals surface area contributed by atoms with Crippen molar-refractivity contribution in [1.82, 2.24) is 5.32 Å². The molecule has 1 aromatic rings. The summed E-state index contributed by atoms with van der Waals surface area (Å²) < 4.78 is 38.7. The zero-order valence-electron chi connectivity index (χ0n) is 11.9. The van der Waals surface area contributed by atoms with Gasteiger partial charge in [0.15, 0.2) is 28.7 Å². The summed E-state index contributed by atoms with van der Waals surface area (Å²) in [6.07, 6.45) is 4.34. The van der Waals surface area contributed by atoms with Crippen LogP contribution in [0.25, 0.3) is 0 Å². The van der Waals surface area contributed by atoms with Crippen LogP contribution in [0, 0.1) is 23.1 Å². The van der Waals surface area contributed by atoms with E-state index >= 15 is 0 Å². The lowest BCUT2D eigenvalue weighted by Gasteiger charge is -2.23. The fraction of sp³-hybridized carbons (Fsp3) is 0.429. The summed E-state index contributed by atoms with van der Waals surface area (Å²) in [6, 6.07) is 2.15. The minimum atomic E-state index is -0.817. The summed E-state index contributed by atoms with van der Waals surface area (Å²) in [4.78, 5) is 3.97. The second-order valence-electron chi connectivity index (χ2n) is 4.53. The van der Waals surface area contributed by atoms with Gasteiger partial charge in [-0.2, -0.15) is 5.26 Å². The lowest BCUT2D eigenvalue weighted by Crippen LogP contribution is -2.26. The molecule has 0 aromatic heterocycles. The molecule has 8 heteroatoms. The Hall–Kier alpha value is -1.85. The van der Waals surface area contributed by atoms with Gasteiger partial charge in [0, 0.05) is 25.0 Å². The van der Waals surface area contributed by atoms with Gasteiger partial charge in [-0.3, -0.25) is 5.32 Å². The molecule has 0 spiro atoms. The van der Waals surface area contributed by atoms with Gasteiger partial charge < -0.3 is 9.47 Å². The molecule has 1 fully saturated rings. The number of halogens is 2. The van der Waals surface area contributed by atoms with Gasteiger partial charge in [-0.25, -0.2) is 13.8 Å². The lowest BCUT2D eigenvalue weighted by atomic mass is 10.1. The molecule has 0 aliphatic carbocycles. The Morgan fingerprint density at radius 1 is 1.41 bits per heavy atom. The van der Waals surface area contributed by atoms with Crippen molar-refractivity contribution in [2.24, 2.45) is 4.99 Å². The van der Waals surface area contributed by atoms with Gasteiger partial charge in [0.05, 0.1) is 18.9 Å². The first-order valence-corrected chi connectivity index (χ1v) is 7.87. The Balaban J connectivity index is 2.19. The number of amidine groups is 1. The molecule has 0 unspecified atom stereocenters. The Morgan fingerprint density at radius 3 is 2.59 bits per heavy atom. The topological polar surface area (TPSA) is 66.6 Å². The zero-order valence-corrected chi connectivity index (χ0v) is 12.8. The third kappa shape index (κ3) is 4.32. The van der Waals surface area contributed by atoms with Gasteiger partial charge in [-0.1, -0.05) is 11.8 Å². The molecule has 5 nitrogen and oxygen atoms in total. The van der Waals surface area contributed by atoms with E-state index in [0.717, 1.165) is 23.9 Å². The maximum Gasteiger partial charge on any atom is 0.191 e. The third-order valence-corrected chi connectivity index (χ3v) is 3.60. The molecule has 2 rings (SSSR count). The quantitative estimate of drug-likeness (QED) is 0.400. The van der Waals surface area contributed by atoms with E-state index in [4.69, 9.17) is 14.7 Å². The van der Waals surface area contributed by atoms with E-state index in [-0.39, 0.29) is 17.0 Å². The number of hydrogen-bond donors (Lipinski definition) is 1. The largest absolute Gasteiger partial charge is 0.484 e. The highest BCUT2D eigenvalue weighted by atomic mass is 32.2. The van der Waals surface area contributed by atoms with Gasteiger partial charge in [0.2, 0.25) is 0 Å². The van der Waals surface area contributed by atoms with Crippen molar-refractivity contribution in [1.29, 1.82) is 5.26 Å². The molecule has 1 saturated heterocycles. The molecule has 1 aliphatic heterocycles. The summed E-state index contributed by atoms with van der Waals surface area (Å²) in [7, 11) is 0. The molecule has 1 heterocycles. The second kappa shape index (κ2) is 7.96. The minimum Gasteiger partial charge on any atom is -0.484 e. The van der Waals surface area contributed by atoms with Gasteiger partial charge in [0.1, 0.15) is 6.10 Å². The highest BCUT2D eigenvalue weighted by Crippen LogP contribution is 2.29. The van der Waals surface area contributed by atoms with Crippen molar-refractivity contribution in [3.63, 3.8) is 0 Å². The SMILES string of the molecule is CSC(=Nc1cc(F)c(OC2CCOCC2)c(F)c1)NC#N. The first-order chi connectivity index (χ1) is 10.6. The molecule has 0 saturated carbocycles. The van der Waals surface area contributed by atoms with E-state index < -0.39 is 17.4 Å². The number of ether oxygens (including phenoxy) is 2. The normalized spacial score (nSPS) is 16.2. The second-order valence-corrected chi connectivity index (χ2v) is 5.32. The van der Waals surface area contributed by atoms with Gasteiger partial charge in [0.25, 0.3) is 0 Å². The van der Waals surface area contributed by atoms with Crippen molar-refractivity contribution in [2.75, 3.05) is 19.5 Å². The number of nitrogens with one attached hydrogen (secondary N) is 1. The average molecular weight is 327 g/mol. The molecule has 0 amide bonds. The first-order valence-electron chi connectivity index (χ1n) is 6.65. The molecule has 1 aliphatic rings. The van der Waals surface area contributed by atoms with Crippen molar-refractivity contribution in [3.05, 3.63) is 23.8 Å². The van der Waals surface area contributed by atoms with E-state index in [1.807, 2.05) is 0 Å². The van der Waals surface area contributed by atoms with E-state index in [1.54, 1.807) is 12.4 Å². The molecule has 22 heavy (non-hydrogen) atoms. The van der Waals surface area contributed by atoms with E-state index in [1.165, 1.54) is 0 Å². The third-order valence-electron chi connectivity index (χ3n) is 3.02. The predicted molar refractivity (Wildman–Crippen MR) is 80.2 cm³/mol. The highest BCUT2D eigenvalue weighted by molar-refractivity contribution is 8.13. The minimum absolute atomic E-state index is 0.0708. The van der Waals surface area contributed by atoms with Gasteiger partial charge in [-0.15, -0.1) is 0 Å². The lowest BCUT2D eigenvalue weighted by molar-refractivity contribution is 0.0223. The van der Waals surface area contributed by atoms with Crippen LogP contribution in [-0.4, -0.2) is 30.7 Å². The smallest absolute Gasteiger partial charge is 0.191 e. The van der Waals surface area contributed by atoms with Crippen LogP contribution in [-0.2, 0) is 4.74 Å². The molecule has 0 radical (unpaired) electrons. The van der Waals surface area contributed by atoms with Crippen molar-refractivity contribution >= 4 is 22.6 Å². The van der Waals surface area contributed by atoms with E-state index in [9.17, 15) is 8.78 Å². The summed E-state index contributed by atoms with van der Waals surface area (Å²) in [5.74, 6) is -2.03. The predicted octanol–water partition coefficient (Wildman–Crippen LogP) is 2.94. The van der Waals surface area contributed by atoms with E-state index in [0.29, 0.717) is 26.1 Å². The van der Waals surface area contributed by atoms with Crippen LogP contribution in [0.2, 0.25) is 0 Å². The van der Waals surface area contributed by atoms with Crippen LogP contribution in [0.3, 0.4) is 0 Å². The van der Waals surface area contributed by atoms with Crippen molar-refractivity contribution in [3.8, 4) is 11.9 Å². The maximum absolute atomic E-state index is 14.0. The Morgan fingerprint density at radius 2 is 2.05 bits per heavy atom. The standard InChI is InChI=1S/C14H15F2N3O2S/c1-22-14(18-8-17)19-9-6-11(15)13(12(16)7-9)21-10-2-4-20-5-3-10/h6-7,10H,2-5H2,1H3,(H,18,19). The van der Waals surface area contributed by atoms with Crippen molar-refractivity contribution < 1.29 is 18.3 Å². The molecule has 1 N–H and O–H groups in total. The van der Waals surface area contributed by atoms with Crippen LogP contribution in [0.4, 0.5) is 14.5 Å². The summed E-state index contributed by atoms with van der Waals surface area (Å²) in [5, 5.41) is 11.1. The number of thioether (sulfide) groups is 1.